The number of aromatic nitrogens is 2. The number of esters is 1. The van der Waals surface area contributed by atoms with Gasteiger partial charge in [-0.25, -0.2) is 4.79 Å². The lowest BCUT2D eigenvalue weighted by molar-refractivity contribution is 0.0438. The molecule has 8 heteroatoms. The summed E-state index contributed by atoms with van der Waals surface area (Å²) in [7, 11) is 4.43. The Morgan fingerprint density at radius 3 is 2.32 bits per heavy atom. The zero-order valence-corrected chi connectivity index (χ0v) is 16.0. The van der Waals surface area contributed by atoms with E-state index < -0.39 is 5.97 Å². The van der Waals surface area contributed by atoms with Crippen LogP contribution in [-0.2, 0) is 11.3 Å². The molecule has 3 aromatic rings. The number of rotatable bonds is 7. The minimum atomic E-state index is -0.588. The zero-order valence-electron chi connectivity index (χ0n) is 16.0. The van der Waals surface area contributed by atoms with Gasteiger partial charge >= 0.3 is 5.97 Å². The molecule has 0 radical (unpaired) electrons. The second kappa shape index (κ2) is 8.43. The van der Waals surface area contributed by atoms with Crippen molar-refractivity contribution in [1.82, 2.24) is 10.2 Å². The Bertz CT molecular complexity index is 957. The molecule has 0 unspecified atom stereocenters. The first-order chi connectivity index (χ1) is 13.5. The monoisotopic (exact) mass is 384 g/mol. The van der Waals surface area contributed by atoms with E-state index in [0.717, 1.165) is 11.1 Å². The normalized spacial score (nSPS) is 10.4. The van der Waals surface area contributed by atoms with Crippen LogP contribution >= 0.6 is 0 Å². The standard InChI is InChI=1S/C20H20N2O6/c1-12-6-5-7-13(8-12)19-22-21-17(28-19)11-27-20(23)14-9-15(24-2)18(26-4)16(10-14)25-3/h5-10H,11H2,1-4H3. The molecule has 0 aliphatic rings. The molecule has 0 aliphatic heterocycles. The Balaban J connectivity index is 1.72. The van der Waals surface area contributed by atoms with Crippen LogP contribution in [0.3, 0.4) is 0 Å². The van der Waals surface area contributed by atoms with Crippen LogP contribution in [0.1, 0.15) is 21.8 Å². The highest BCUT2D eigenvalue weighted by Gasteiger charge is 2.19. The van der Waals surface area contributed by atoms with Gasteiger partial charge in [-0.15, -0.1) is 10.2 Å². The van der Waals surface area contributed by atoms with Crippen LogP contribution in [0.5, 0.6) is 17.2 Å². The van der Waals surface area contributed by atoms with Crippen molar-refractivity contribution >= 4 is 5.97 Å². The topological polar surface area (TPSA) is 92.9 Å². The number of nitrogens with zero attached hydrogens (tertiary/aromatic N) is 2. The molecule has 0 saturated carbocycles. The molecule has 0 saturated heterocycles. The Morgan fingerprint density at radius 2 is 1.71 bits per heavy atom. The van der Waals surface area contributed by atoms with Crippen LogP contribution in [0, 0.1) is 6.92 Å². The number of carbonyl (C=O) groups is 1. The number of methoxy groups -OCH3 is 3. The van der Waals surface area contributed by atoms with Crippen molar-refractivity contribution in [3.8, 4) is 28.7 Å². The van der Waals surface area contributed by atoms with E-state index in [4.69, 9.17) is 23.4 Å². The van der Waals surface area contributed by atoms with Crippen molar-refractivity contribution in [2.75, 3.05) is 21.3 Å². The van der Waals surface area contributed by atoms with Crippen LogP contribution in [0.15, 0.2) is 40.8 Å². The summed E-state index contributed by atoms with van der Waals surface area (Å²) >= 11 is 0. The van der Waals surface area contributed by atoms with Crippen molar-refractivity contribution in [1.29, 1.82) is 0 Å². The van der Waals surface area contributed by atoms with E-state index in [1.165, 1.54) is 33.5 Å². The van der Waals surface area contributed by atoms with Crippen molar-refractivity contribution in [2.24, 2.45) is 0 Å². The fourth-order valence-corrected chi connectivity index (χ4v) is 2.62. The predicted molar refractivity (Wildman–Crippen MR) is 99.7 cm³/mol. The largest absolute Gasteiger partial charge is 0.493 e. The molecule has 1 heterocycles. The molecule has 0 atom stereocenters. The summed E-state index contributed by atoms with van der Waals surface area (Å²) < 4.78 is 26.6. The highest BCUT2D eigenvalue weighted by Crippen LogP contribution is 2.38. The molecule has 28 heavy (non-hydrogen) atoms. The molecular formula is C20H20N2O6. The average molecular weight is 384 g/mol. The first-order valence-corrected chi connectivity index (χ1v) is 8.42. The minimum Gasteiger partial charge on any atom is -0.493 e. The maximum absolute atomic E-state index is 12.4. The predicted octanol–water partition coefficient (Wildman–Crippen LogP) is 3.43. The van der Waals surface area contributed by atoms with Gasteiger partial charge in [-0.1, -0.05) is 17.7 Å². The van der Waals surface area contributed by atoms with Gasteiger partial charge in [-0.05, 0) is 31.2 Å². The summed E-state index contributed by atoms with van der Waals surface area (Å²) in [4.78, 5) is 12.4. The van der Waals surface area contributed by atoms with Crippen LogP contribution < -0.4 is 14.2 Å². The van der Waals surface area contributed by atoms with Crippen molar-refractivity contribution in [3.63, 3.8) is 0 Å². The van der Waals surface area contributed by atoms with E-state index in [1.54, 1.807) is 0 Å². The van der Waals surface area contributed by atoms with Crippen LogP contribution in [-0.4, -0.2) is 37.5 Å². The fourth-order valence-electron chi connectivity index (χ4n) is 2.62. The molecule has 1 aromatic heterocycles. The summed E-state index contributed by atoms with van der Waals surface area (Å²) in [6.07, 6.45) is 0. The number of aryl methyl sites for hydroxylation is 1. The van der Waals surface area contributed by atoms with Gasteiger partial charge in [-0.3, -0.25) is 0 Å². The summed E-state index contributed by atoms with van der Waals surface area (Å²) in [5, 5.41) is 7.91. The zero-order chi connectivity index (χ0) is 20.1. The van der Waals surface area contributed by atoms with Crippen LogP contribution in [0.2, 0.25) is 0 Å². The first kappa shape index (κ1) is 19.2. The number of hydrogen-bond donors (Lipinski definition) is 0. The molecule has 3 rings (SSSR count). The fraction of sp³-hybridized carbons (Fsp3) is 0.250. The number of benzene rings is 2. The molecule has 2 aromatic carbocycles. The second-order valence-corrected chi connectivity index (χ2v) is 5.86. The third kappa shape index (κ3) is 4.06. The van der Waals surface area contributed by atoms with Crippen molar-refractivity contribution in [3.05, 3.63) is 53.4 Å². The van der Waals surface area contributed by atoms with E-state index in [-0.39, 0.29) is 18.1 Å². The second-order valence-electron chi connectivity index (χ2n) is 5.86. The smallest absolute Gasteiger partial charge is 0.338 e. The van der Waals surface area contributed by atoms with E-state index in [1.807, 2.05) is 31.2 Å². The Hall–Kier alpha value is -3.55. The van der Waals surface area contributed by atoms with Gasteiger partial charge in [0.2, 0.25) is 11.6 Å². The van der Waals surface area contributed by atoms with Crippen molar-refractivity contribution in [2.45, 2.75) is 13.5 Å². The van der Waals surface area contributed by atoms with Crippen molar-refractivity contribution < 1.29 is 28.2 Å². The van der Waals surface area contributed by atoms with Gasteiger partial charge in [0.05, 0.1) is 26.9 Å². The lowest BCUT2D eigenvalue weighted by Gasteiger charge is -2.13. The van der Waals surface area contributed by atoms with Gasteiger partial charge < -0.3 is 23.4 Å². The summed E-state index contributed by atoms with van der Waals surface area (Å²) in [6, 6.07) is 10.7. The molecule has 0 fully saturated rings. The third-order valence-electron chi connectivity index (χ3n) is 3.96. The average Bonchev–Trinajstić information content (AvgIpc) is 3.19. The summed E-state index contributed by atoms with van der Waals surface area (Å²) in [5.74, 6) is 1.07. The molecule has 0 bridgehead atoms. The molecule has 0 spiro atoms. The minimum absolute atomic E-state index is 0.158. The van der Waals surface area contributed by atoms with Gasteiger partial charge in [-0.2, -0.15) is 0 Å². The van der Waals surface area contributed by atoms with Crippen LogP contribution in [0.25, 0.3) is 11.5 Å². The number of hydrogen-bond acceptors (Lipinski definition) is 8. The molecule has 0 aliphatic carbocycles. The number of ether oxygens (including phenoxy) is 4. The molecule has 146 valence electrons. The lowest BCUT2D eigenvalue weighted by Crippen LogP contribution is -2.07. The SMILES string of the molecule is COc1cc(C(=O)OCc2nnc(-c3cccc(C)c3)o2)cc(OC)c1OC. The Kier molecular flexibility index (Phi) is 5.78. The Morgan fingerprint density at radius 1 is 1.00 bits per heavy atom. The van der Waals surface area contributed by atoms with Gasteiger partial charge in [0.25, 0.3) is 5.89 Å². The maximum Gasteiger partial charge on any atom is 0.338 e. The summed E-state index contributed by atoms with van der Waals surface area (Å²) in [6.45, 7) is 1.81. The quantitative estimate of drug-likeness (QED) is 0.572. The highest BCUT2D eigenvalue weighted by atomic mass is 16.5. The Labute approximate surface area is 162 Å². The van der Waals surface area contributed by atoms with E-state index in [2.05, 4.69) is 10.2 Å². The van der Waals surface area contributed by atoms with Gasteiger partial charge in [0, 0.05) is 5.56 Å². The molecule has 0 amide bonds. The third-order valence-corrected chi connectivity index (χ3v) is 3.96. The van der Waals surface area contributed by atoms with Gasteiger partial charge in [0.1, 0.15) is 0 Å². The summed E-state index contributed by atoms with van der Waals surface area (Å²) in [5.41, 5.74) is 2.12. The van der Waals surface area contributed by atoms with Gasteiger partial charge in [0.15, 0.2) is 18.1 Å². The first-order valence-electron chi connectivity index (χ1n) is 8.42. The molecular weight excluding hydrogens is 364 g/mol. The molecule has 8 nitrogen and oxygen atoms in total. The lowest BCUT2D eigenvalue weighted by atomic mass is 10.1. The van der Waals surface area contributed by atoms with E-state index in [9.17, 15) is 4.79 Å². The maximum atomic E-state index is 12.4. The number of carbonyl (C=O) groups excluding carboxylic acids is 1. The van der Waals surface area contributed by atoms with E-state index >= 15 is 0 Å². The van der Waals surface area contributed by atoms with Crippen LogP contribution in [0.4, 0.5) is 0 Å². The van der Waals surface area contributed by atoms with E-state index in [0.29, 0.717) is 23.1 Å². The highest BCUT2D eigenvalue weighted by molar-refractivity contribution is 5.91. The molecule has 0 N–H and O–H groups in total.